The van der Waals surface area contributed by atoms with Crippen LogP contribution in [0.5, 0.6) is 0 Å². The fraction of sp³-hybridized carbons (Fsp3) is 0.333. The lowest BCUT2D eigenvalue weighted by atomic mass is 10.2. The first-order valence-corrected chi connectivity index (χ1v) is 6.79. The summed E-state index contributed by atoms with van der Waals surface area (Å²) >= 11 is 1.42. The fourth-order valence-electron chi connectivity index (χ4n) is 1.80. The number of nitrogens with zero attached hydrogens (tertiary/aromatic N) is 1. The van der Waals surface area contributed by atoms with Gasteiger partial charge in [0.15, 0.2) is 0 Å². The average molecular weight is 281 g/mol. The van der Waals surface area contributed by atoms with Crippen LogP contribution in [0.3, 0.4) is 0 Å². The Morgan fingerprint density at radius 3 is 2.79 bits per heavy atom. The van der Waals surface area contributed by atoms with E-state index in [0.29, 0.717) is 11.9 Å². The van der Waals surface area contributed by atoms with Crippen LogP contribution < -0.4 is 16.3 Å². The maximum Gasteiger partial charge on any atom is 0.341 e. The molecule has 0 amide bonds. The normalized spacial score (nSPS) is 10.8. The molecule has 0 aliphatic heterocycles. The third-order valence-electron chi connectivity index (χ3n) is 2.71. The van der Waals surface area contributed by atoms with Crippen molar-refractivity contribution in [2.75, 3.05) is 12.0 Å². The minimum absolute atomic E-state index is 0.192. The Morgan fingerprint density at radius 1 is 1.47 bits per heavy atom. The van der Waals surface area contributed by atoms with Gasteiger partial charge in [0.05, 0.1) is 5.39 Å². The zero-order valence-corrected chi connectivity index (χ0v) is 11.5. The number of hydrazine groups is 1. The number of hydrogen-bond acceptors (Lipinski definition) is 5. The second kappa shape index (κ2) is 5.41. The lowest BCUT2D eigenvalue weighted by molar-refractivity contribution is 0.0695. The van der Waals surface area contributed by atoms with Crippen molar-refractivity contribution in [3.63, 3.8) is 0 Å². The van der Waals surface area contributed by atoms with Crippen LogP contribution in [0, 0.1) is 0 Å². The highest BCUT2D eigenvalue weighted by Gasteiger charge is 2.16. The lowest BCUT2D eigenvalue weighted by Crippen LogP contribution is -2.19. The summed E-state index contributed by atoms with van der Waals surface area (Å²) in [6, 6.07) is 1.68. The Balaban J connectivity index is 2.64. The van der Waals surface area contributed by atoms with Gasteiger partial charge in [0.1, 0.15) is 15.4 Å². The van der Waals surface area contributed by atoms with Gasteiger partial charge in [-0.25, -0.2) is 10.2 Å². The predicted octanol–water partition coefficient (Wildman–Crippen LogP) is 1.72. The number of carboxylic acid groups (broad SMARTS) is 1. The van der Waals surface area contributed by atoms with Crippen LogP contribution in [0.1, 0.15) is 24.2 Å². The van der Waals surface area contributed by atoms with E-state index in [4.69, 9.17) is 5.11 Å². The first-order valence-electron chi connectivity index (χ1n) is 5.97. The van der Waals surface area contributed by atoms with E-state index >= 15 is 0 Å². The van der Waals surface area contributed by atoms with E-state index in [0.717, 1.165) is 16.4 Å². The number of aryl methyl sites for hydroxylation is 1. The summed E-state index contributed by atoms with van der Waals surface area (Å²) in [4.78, 5) is 23.9. The molecule has 0 saturated heterocycles. The minimum Gasteiger partial charge on any atom is -0.477 e. The van der Waals surface area contributed by atoms with Crippen molar-refractivity contribution >= 4 is 32.5 Å². The highest BCUT2D eigenvalue weighted by molar-refractivity contribution is 7.22. The molecule has 0 aliphatic rings. The third-order valence-corrected chi connectivity index (χ3v) is 3.79. The van der Waals surface area contributed by atoms with Crippen molar-refractivity contribution in [3.8, 4) is 0 Å². The average Bonchev–Trinajstić information content (AvgIpc) is 2.81. The van der Waals surface area contributed by atoms with Crippen molar-refractivity contribution in [1.82, 2.24) is 9.99 Å². The summed E-state index contributed by atoms with van der Waals surface area (Å²) in [5.74, 6) is -1.19. The quantitative estimate of drug-likeness (QED) is 0.727. The molecule has 2 rings (SSSR count). The van der Waals surface area contributed by atoms with Crippen LogP contribution in [0.25, 0.3) is 10.2 Å². The van der Waals surface area contributed by atoms with E-state index in [2.05, 4.69) is 10.9 Å². The number of nitrogens with one attached hydrogen (secondary N) is 2. The van der Waals surface area contributed by atoms with E-state index in [1.54, 1.807) is 10.6 Å². The van der Waals surface area contributed by atoms with E-state index in [9.17, 15) is 9.59 Å². The van der Waals surface area contributed by atoms with Crippen LogP contribution in [-0.2, 0) is 6.54 Å². The van der Waals surface area contributed by atoms with Gasteiger partial charge in [-0.3, -0.25) is 4.79 Å². The summed E-state index contributed by atoms with van der Waals surface area (Å²) in [6.07, 6.45) is 1.40. The number of thiophene rings is 1. The summed E-state index contributed by atoms with van der Waals surface area (Å²) in [6.45, 7) is 5.21. The molecule has 2 heterocycles. The first kappa shape index (κ1) is 13.6. The minimum atomic E-state index is -1.19. The van der Waals surface area contributed by atoms with Crippen molar-refractivity contribution in [2.45, 2.75) is 20.4 Å². The number of carboxylic acids is 1. The second-order valence-corrected chi connectivity index (χ2v) is 4.98. The van der Waals surface area contributed by atoms with Crippen LogP contribution in [0.4, 0.5) is 5.00 Å². The number of aromatic nitrogens is 1. The molecule has 0 atom stereocenters. The van der Waals surface area contributed by atoms with E-state index in [1.165, 1.54) is 17.5 Å². The van der Waals surface area contributed by atoms with Gasteiger partial charge in [0.25, 0.3) is 0 Å². The second-order valence-electron chi connectivity index (χ2n) is 3.95. The molecule has 0 bridgehead atoms. The van der Waals surface area contributed by atoms with Gasteiger partial charge in [-0.15, -0.1) is 0 Å². The van der Waals surface area contributed by atoms with Crippen LogP contribution in [0.15, 0.2) is 17.1 Å². The maximum atomic E-state index is 12.1. The number of fused-ring (bicyclic) bond motifs is 1. The Bertz CT molecular complexity index is 675. The lowest BCUT2D eigenvalue weighted by Gasteiger charge is -2.05. The summed E-state index contributed by atoms with van der Waals surface area (Å²) in [5, 5.41) is 10.3. The van der Waals surface area contributed by atoms with Gasteiger partial charge in [0, 0.05) is 19.3 Å². The molecule has 19 heavy (non-hydrogen) atoms. The SMILES string of the molecule is CCNNc1cc2c(=O)c(C(=O)O)cn(CC)c2s1. The van der Waals surface area contributed by atoms with Gasteiger partial charge in [0.2, 0.25) is 5.43 Å². The molecule has 102 valence electrons. The molecular formula is C12H15N3O3S. The molecule has 0 aliphatic carbocycles. The maximum absolute atomic E-state index is 12.1. The summed E-state index contributed by atoms with van der Waals surface area (Å²) in [7, 11) is 0. The summed E-state index contributed by atoms with van der Waals surface area (Å²) in [5.41, 5.74) is 5.30. The van der Waals surface area contributed by atoms with Crippen molar-refractivity contribution in [2.24, 2.45) is 0 Å². The largest absolute Gasteiger partial charge is 0.477 e. The van der Waals surface area contributed by atoms with E-state index < -0.39 is 11.4 Å². The molecule has 0 saturated carbocycles. The Morgan fingerprint density at radius 2 is 2.21 bits per heavy atom. The predicted molar refractivity (Wildman–Crippen MR) is 76.0 cm³/mol. The van der Waals surface area contributed by atoms with Gasteiger partial charge in [-0.1, -0.05) is 18.3 Å². The van der Waals surface area contributed by atoms with Crippen LogP contribution in [0.2, 0.25) is 0 Å². The number of pyridine rings is 1. The molecule has 3 N–H and O–H groups in total. The standard InChI is InChI=1S/C12H15N3O3S/c1-3-13-14-9-5-7-10(16)8(12(17)18)6-15(4-2)11(7)19-9/h5-6,13-14H,3-4H2,1-2H3,(H,17,18). The molecule has 0 aromatic carbocycles. The van der Waals surface area contributed by atoms with Gasteiger partial charge < -0.3 is 15.1 Å². The van der Waals surface area contributed by atoms with Crippen molar-refractivity contribution in [1.29, 1.82) is 0 Å². The first-order chi connectivity index (χ1) is 9.08. The molecule has 7 heteroatoms. The third kappa shape index (κ3) is 2.47. The molecule has 2 aromatic heterocycles. The topological polar surface area (TPSA) is 83.4 Å². The number of anilines is 1. The highest BCUT2D eigenvalue weighted by atomic mass is 32.1. The zero-order valence-electron chi connectivity index (χ0n) is 10.7. The Labute approximate surface area is 113 Å². The van der Waals surface area contributed by atoms with Gasteiger partial charge >= 0.3 is 5.97 Å². The molecule has 2 aromatic rings. The number of carbonyl (C=O) groups is 1. The smallest absolute Gasteiger partial charge is 0.341 e. The van der Waals surface area contributed by atoms with Gasteiger partial charge in [-0.05, 0) is 13.0 Å². The number of rotatable bonds is 5. The van der Waals surface area contributed by atoms with Crippen molar-refractivity contribution < 1.29 is 9.90 Å². The monoisotopic (exact) mass is 281 g/mol. The molecule has 0 fully saturated rings. The van der Waals surface area contributed by atoms with Crippen LogP contribution >= 0.6 is 11.3 Å². The van der Waals surface area contributed by atoms with Crippen LogP contribution in [-0.4, -0.2) is 22.2 Å². The Kier molecular flexibility index (Phi) is 3.87. The number of aromatic carboxylic acids is 1. The number of hydrogen-bond donors (Lipinski definition) is 3. The summed E-state index contributed by atoms with van der Waals surface area (Å²) < 4.78 is 1.78. The zero-order chi connectivity index (χ0) is 14.0. The van der Waals surface area contributed by atoms with E-state index in [1.807, 2.05) is 13.8 Å². The fourth-order valence-corrected chi connectivity index (χ4v) is 2.87. The Hall–Kier alpha value is -1.86. The van der Waals surface area contributed by atoms with E-state index in [-0.39, 0.29) is 5.56 Å². The highest BCUT2D eigenvalue weighted by Crippen LogP contribution is 2.27. The molecule has 0 unspecified atom stereocenters. The molecule has 6 nitrogen and oxygen atoms in total. The van der Waals surface area contributed by atoms with Gasteiger partial charge in [-0.2, -0.15) is 0 Å². The molecule has 0 radical (unpaired) electrons. The molecule has 0 spiro atoms. The molecular weight excluding hydrogens is 266 g/mol. The van der Waals surface area contributed by atoms with Crippen molar-refractivity contribution in [3.05, 3.63) is 28.0 Å².